The predicted octanol–water partition coefficient (Wildman–Crippen LogP) is 2.64. The van der Waals surface area contributed by atoms with Crippen LogP contribution in [-0.4, -0.2) is 11.1 Å². The van der Waals surface area contributed by atoms with Gasteiger partial charge in [0.25, 0.3) is 0 Å². The van der Waals surface area contributed by atoms with Crippen molar-refractivity contribution in [3.05, 3.63) is 34.3 Å². The highest BCUT2D eigenvalue weighted by molar-refractivity contribution is 9.10. The smallest absolute Gasteiger partial charge is 0.307 e. The van der Waals surface area contributed by atoms with E-state index in [1.807, 2.05) is 24.3 Å². The average molecular weight is 241 g/mol. The van der Waals surface area contributed by atoms with Crippen LogP contribution in [-0.2, 0) is 4.79 Å². The summed E-state index contributed by atoms with van der Waals surface area (Å²) in [5, 5.41) is 8.73. The lowest BCUT2D eigenvalue weighted by molar-refractivity contribution is -0.138. The Bertz CT molecular complexity index is 331. The van der Waals surface area contributed by atoms with E-state index in [9.17, 15) is 4.79 Å². The van der Waals surface area contributed by atoms with Crippen LogP contribution < -0.4 is 0 Å². The molecular formula is C10H9BrO2. The lowest BCUT2D eigenvalue weighted by atomic mass is 10.1. The second-order valence-corrected chi connectivity index (χ2v) is 4.25. The van der Waals surface area contributed by atoms with Gasteiger partial charge in [0.1, 0.15) is 0 Å². The second kappa shape index (κ2) is 3.14. The fourth-order valence-electron chi connectivity index (χ4n) is 1.55. The minimum atomic E-state index is -0.673. The Labute approximate surface area is 84.7 Å². The van der Waals surface area contributed by atoms with Crippen molar-refractivity contribution in [2.24, 2.45) is 5.92 Å². The number of carbonyl (C=O) groups is 1. The number of benzene rings is 1. The molecule has 0 heterocycles. The monoisotopic (exact) mass is 240 g/mol. The van der Waals surface area contributed by atoms with Gasteiger partial charge in [-0.25, -0.2) is 0 Å². The first-order chi connectivity index (χ1) is 6.18. The maximum Gasteiger partial charge on any atom is 0.307 e. The molecule has 1 aromatic carbocycles. The van der Waals surface area contributed by atoms with Crippen molar-refractivity contribution in [2.75, 3.05) is 0 Å². The SMILES string of the molecule is O=C(O)C1C[C@@H]1c1ccc(Br)cc1. The molecule has 1 saturated carbocycles. The van der Waals surface area contributed by atoms with E-state index < -0.39 is 5.97 Å². The number of carboxylic acid groups (broad SMARTS) is 1. The maximum absolute atomic E-state index is 10.6. The van der Waals surface area contributed by atoms with E-state index in [0.717, 1.165) is 16.5 Å². The van der Waals surface area contributed by atoms with Crippen LogP contribution in [0, 0.1) is 5.92 Å². The number of halogens is 1. The van der Waals surface area contributed by atoms with Gasteiger partial charge < -0.3 is 5.11 Å². The van der Waals surface area contributed by atoms with Gasteiger partial charge in [0, 0.05) is 4.47 Å². The number of aliphatic carboxylic acids is 1. The molecule has 1 aromatic rings. The van der Waals surface area contributed by atoms with Gasteiger partial charge in [0.2, 0.25) is 0 Å². The molecule has 2 nitrogen and oxygen atoms in total. The topological polar surface area (TPSA) is 37.3 Å². The Kier molecular flexibility index (Phi) is 2.12. The van der Waals surface area contributed by atoms with Crippen LogP contribution in [0.15, 0.2) is 28.7 Å². The molecule has 0 aliphatic heterocycles. The first-order valence-corrected chi connectivity index (χ1v) is 4.96. The zero-order valence-corrected chi connectivity index (χ0v) is 8.49. The van der Waals surface area contributed by atoms with E-state index >= 15 is 0 Å². The number of rotatable bonds is 2. The number of carboxylic acids is 1. The van der Waals surface area contributed by atoms with Gasteiger partial charge in [-0.3, -0.25) is 4.79 Å². The summed E-state index contributed by atoms with van der Waals surface area (Å²) in [4.78, 5) is 10.6. The molecule has 1 aliphatic carbocycles. The highest BCUT2D eigenvalue weighted by atomic mass is 79.9. The van der Waals surface area contributed by atoms with Crippen molar-refractivity contribution in [3.63, 3.8) is 0 Å². The molecule has 3 heteroatoms. The van der Waals surface area contributed by atoms with Gasteiger partial charge in [-0.1, -0.05) is 28.1 Å². The van der Waals surface area contributed by atoms with Crippen molar-refractivity contribution in [1.29, 1.82) is 0 Å². The predicted molar refractivity (Wildman–Crippen MR) is 52.6 cm³/mol. The molecule has 0 aromatic heterocycles. The minimum Gasteiger partial charge on any atom is -0.481 e. The summed E-state index contributed by atoms with van der Waals surface area (Å²) in [6.45, 7) is 0. The summed E-state index contributed by atoms with van der Waals surface area (Å²) in [7, 11) is 0. The zero-order chi connectivity index (χ0) is 9.42. The third-order valence-electron chi connectivity index (χ3n) is 2.41. The van der Waals surface area contributed by atoms with Crippen LogP contribution in [0.5, 0.6) is 0 Å². The quantitative estimate of drug-likeness (QED) is 0.864. The van der Waals surface area contributed by atoms with Crippen LogP contribution in [0.2, 0.25) is 0 Å². The van der Waals surface area contributed by atoms with Gasteiger partial charge >= 0.3 is 5.97 Å². The second-order valence-electron chi connectivity index (χ2n) is 3.34. The van der Waals surface area contributed by atoms with Gasteiger partial charge in [-0.2, -0.15) is 0 Å². The Balaban J connectivity index is 2.12. The molecule has 1 aliphatic rings. The summed E-state index contributed by atoms with van der Waals surface area (Å²) in [5.41, 5.74) is 1.13. The van der Waals surface area contributed by atoms with Crippen LogP contribution in [0.1, 0.15) is 17.9 Å². The largest absolute Gasteiger partial charge is 0.481 e. The van der Waals surface area contributed by atoms with Crippen LogP contribution in [0.3, 0.4) is 0 Å². The minimum absolute atomic E-state index is 0.152. The van der Waals surface area contributed by atoms with Crippen LogP contribution in [0.4, 0.5) is 0 Å². The van der Waals surface area contributed by atoms with E-state index in [1.165, 1.54) is 0 Å². The molecule has 1 fully saturated rings. The van der Waals surface area contributed by atoms with Crippen molar-refractivity contribution < 1.29 is 9.90 Å². The Hall–Kier alpha value is -0.830. The van der Waals surface area contributed by atoms with E-state index in [2.05, 4.69) is 15.9 Å². The Morgan fingerprint density at radius 1 is 1.38 bits per heavy atom. The molecular weight excluding hydrogens is 232 g/mol. The summed E-state index contributed by atoms with van der Waals surface area (Å²) < 4.78 is 1.03. The highest BCUT2D eigenvalue weighted by Gasteiger charge is 2.43. The van der Waals surface area contributed by atoms with Gasteiger partial charge in [0.15, 0.2) is 0 Å². The average Bonchev–Trinajstić information content (AvgIpc) is 2.85. The Morgan fingerprint density at radius 2 is 2.00 bits per heavy atom. The summed E-state index contributed by atoms with van der Waals surface area (Å²) in [6, 6.07) is 7.87. The van der Waals surface area contributed by atoms with E-state index in [4.69, 9.17) is 5.11 Å². The molecule has 13 heavy (non-hydrogen) atoms. The van der Waals surface area contributed by atoms with Crippen LogP contribution >= 0.6 is 15.9 Å². The zero-order valence-electron chi connectivity index (χ0n) is 6.90. The normalized spacial score (nSPS) is 25.6. The van der Waals surface area contributed by atoms with E-state index in [0.29, 0.717) is 0 Å². The Morgan fingerprint density at radius 3 is 2.46 bits per heavy atom. The molecule has 2 rings (SSSR count). The summed E-state index contributed by atoms with van der Waals surface area (Å²) >= 11 is 3.34. The fraction of sp³-hybridized carbons (Fsp3) is 0.300. The first-order valence-electron chi connectivity index (χ1n) is 4.17. The molecule has 0 amide bonds. The van der Waals surface area contributed by atoms with Gasteiger partial charge in [0.05, 0.1) is 5.92 Å². The third-order valence-corrected chi connectivity index (χ3v) is 2.93. The van der Waals surface area contributed by atoms with E-state index in [1.54, 1.807) is 0 Å². The highest BCUT2D eigenvalue weighted by Crippen LogP contribution is 2.47. The molecule has 68 valence electrons. The molecule has 1 N–H and O–H groups in total. The van der Waals surface area contributed by atoms with Crippen molar-refractivity contribution in [1.82, 2.24) is 0 Å². The summed E-state index contributed by atoms with van der Waals surface area (Å²) in [5.74, 6) is -0.584. The first kappa shape index (κ1) is 8.75. The van der Waals surface area contributed by atoms with E-state index in [-0.39, 0.29) is 11.8 Å². The molecule has 0 saturated heterocycles. The number of hydrogen-bond acceptors (Lipinski definition) is 1. The third kappa shape index (κ3) is 1.75. The fourth-order valence-corrected chi connectivity index (χ4v) is 1.81. The van der Waals surface area contributed by atoms with Crippen LogP contribution in [0.25, 0.3) is 0 Å². The van der Waals surface area contributed by atoms with Crippen molar-refractivity contribution in [2.45, 2.75) is 12.3 Å². The lowest BCUT2D eigenvalue weighted by Gasteiger charge is -1.97. The lowest BCUT2D eigenvalue weighted by Crippen LogP contribution is -1.98. The maximum atomic E-state index is 10.6. The van der Waals surface area contributed by atoms with Crippen molar-refractivity contribution in [3.8, 4) is 0 Å². The molecule has 0 bridgehead atoms. The van der Waals surface area contributed by atoms with Gasteiger partial charge in [-0.05, 0) is 30.0 Å². The molecule has 1 unspecified atom stereocenters. The van der Waals surface area contributed by atoms with Gasteiger partial charge in [-0.15, -0.1) is 0 Å². The molecule has 2 atom stereocenters. The standard InChI is InChI=1S/C10H9BrO2/c11-7-3-1-6(2-4-7)8-5-9(8)10(12)13/h1-4,8-9H,5H2,(H,12,13)/t8-,9?/m1/s1. The molecule has 0 spiro atoms. The van der Waals surface area contributed by atoms with Crippen molar-refractivity contribution >= 4 is 21.9 Å². The number of hydrogen-bond donors (Lipinski definition) is 1. The molecule has 0 radical (unpaired) electrons. The summed E-state index contributed by atoms with van der Waals surface area (Å²) in [6.07, 6.45) is 0.789.